The quantitative estimate of drug-likeness (QED) is 0.135. The first-order chi connectivity index (χ1) is 24.3. The lowest BCUT2D eigenvalue weighted by molar-refractivity contribution is -0.119. The van der Waals surface area contributed by atoms with E-state index in [0.717, 1.165) is 32.6 Å². The number of ketones is 1. The number of hydrogen-bond donors (Lipinski definition) is 1. The molecular weight excluding hydrogens is 695 g/mol. The van der Waals surface area contributed by atoms with Gasteiger partial charge in [-0.2, -0.15) is 0 Å². The molecule has 2 unspecified atom stereocenters. The van der Waals surface area contributed by atoms with E-state index in [1.165, 1.54) is 29.6 Å². The van der Waals surface area contributed by atoms with Crippen molar-refractivity contribution in [2.75, 3.05) is 13.2 Å². The van der Waals surface area contributed by atoms with Crippen LogP contribution in [-0.4, -0.2) is 40.9 Å². The van der Waals surface area contributed by atoms with Gasteiger partial charge in [-0.1, -0.05) is 101 Å². The van der Waals surface area contributed by atoms with Crippen LogP contribution in [0, 0.1) is 48.4 Å². The van der Waals surface area contributed by atoms with Gasteiger partial charge in [0, 0.05) is 30.9 Å². The van der Waals surface area contributed by atoms with Gasteiger partial charge in [0.25, 0.3) is 10.4 Å². The highest BCUT2D eigenvalue weighted by molar-refractivity contribution is 7.14. The Kier molecular flexibility index (Phi) is 18.5. The van der Waals surface area contributed by atoms with Crippen molar-refractivity contribution in [2.24, 2.45) is 17.8 Å². The molecule has 2 aromatic heterocycles. The first-order valence-electron chi connectivity index (χ1n) is 16.8. The van der Waals surface area contributed by atoms with Crippen molar-refractivity contribution in [3.63, 3.8) is 0 Å². The minimum Gasteiger partial charge on any atom is -0.493 e. The Balaban J connectivity index is 0.000000354. The first-order valence-corrected chi connectivity index (χ1v) is 18.4. The second kappa shape index (κ2) is 22.2. The number of nitrogens with zero attached hydrogens (tertiary/aromatic N) is 2. The van der Waals surface area contributed by atoms with E-state index in [1.807, 2.05) is 63.2 Å². The third-order valence-corrected chi connectivity index (χ3v) is 8.02. The number of rotatable bonds is 13. The highest BCUT2D eigenvalue weighted by atomic mass is 32.1. The number of ether oxygens (including phenoxy) is 4. The summed E-state index contributed by atoms with van der Waals surface area (Å²) in [6.07, 6.45) is 3.83. The van der Waals surface area contributed by atoms with Crippen LogP contribution in [0.4, 0.5) is 0 Å². The minimum absolute atomic E-state index is 0. The third kappa shape index (κ3) is 16.5. The summed E-state index contributed by atoms with van der Waals surface area (Å²) in [5, 5.41) is 3.76. The number of carbonyl (C=O) groups excluding carboxylic acids is 2. The Hall–Kier alpha value is -4.84. The molecule has 0 radical (unpaired) electrons. The molecule has 9 nitrogen and oxygen atoms in total. The third-order valence-electron chi connectivity index (χ3n) is 6.43. The molecule has 0 aliphatic rings. The van der Waals surface area contributed by atoms with Gasteiger partial charge in [-0.25, -0.2) is 9.97 Å². The SMILES string of the molecule is C.CC(=O)CC(C)C#Cc1cnc(Oc2cccc(OCC(C)C)c2C)s1.CC(=O)NC(C)C#Cc1cnc(Oc2cccc(OCC(C)C)c2)s1. The van der Waals surface area contributed by atoms with E-state index in [2.05, 4.69) is 66.7 Å². The molecule has 0 spiro atoms. The van der Waals surface area contributed by atoms with Crippen LogP contribution in [0.5, 0.6) is 33.4 Å². The number of carbonyl (C=O) groups is 2. The molecule has 0 saturated carbocycles. The molecule has 0 fully saturated rings. The van der Waals surface area contributed by atoms with Crippen LogP contribution in [0.2, 0.25) is 0 Å². The summed E-state index contributed by atoms with van der Waals surface area (Å²) < 4.78 is 23.2. The summed E-state index contributed by atoms with van der Waals surface area (Å²) in [5.74, 6) is 16.1. The lowest BCUT2D eigenvalue weighted by Crippen LogP contribution is -2.28. The average molecular weight is 746 g/mol. The summed E-state index contributed by atoms with van der Waals surface area (Å²) >= 11 is 2.74. The zero-order valence-electron chi connectivity index (χ0n) is 30.8. The molecule has 0 aliphatic carbocycles. The summed E-state index contributed by atoms with van der Waals surface area (Å²) in [6, 6.07) is 13.0. The van der Waals surface area contributed by atoms with Crippen molar-refractivity contribution < 1.29 is 28.5 Å². The molecule has 11 heteroatoms. The molecule has 52 heavy (non-hydrogen) atoms. The first kappa shape index (κ1) is 43.3. The largest absolute Gasteiger partial charge is 0.493 e. The van der Waals surface area contributed by atoms with Crippen molar-refractivity contribution in [1.82, 2.24) is 15.3 Å². The fraction of sp³-hybridized carbons (Fsp3) is 0.415. The Bertz CT molecular complexity index is 1860. The van der Waals surface area contributed by atoms with Crippen LogP contribution in [0.1, 0.15) is 84.6 Å². The van der Waals surface area contributed by atoms with Gasteiger partial charge in [0.1, 0.15) is 38.5 Å². The maximum atomic E-state index is 11.1. The monoisotopic (exact) mass is 745 g/mol. The van der Waals surface area contributed by atoms with Crippen LogP contribution in [0.25, 0.3) is 0 Å². The zero-order chi connectivity index (χ0) is 37.3. The molecule has 4 rings (SSSR count). The smallest absolute Gasteiger partial charge is 0.279 e. The average Bonchev–Trinajstić information content (AvgIpc) is 3.71. The van der Waals surface area contributed by atoms with Crippen LogP contribution in [-0.2, 0) is 9.59 Å². The topological polar surface area (TPSA) is 109 Å². The molecule has 0 aliphatic heterocycles. The second-order valence-corrected chi connectivity index (χ2v) is 14.7. The number of nitrogens with one attached hydrogen (secondary N) is 1. The molecule has 278 valence electrons. The predicted molar refractivity (Wildman–Crippen MR) is 211 cm³/mol. The van der Waals surface area contributed by atoms with Crippen LogP contribution >= 0.6 is 22.7 Å². The molecule has 0 bridgehead atoms. The molecule has 4 aromatic rings. The Labute approximate surface area is 317 Å². The van der Waals surface area contributed by atoms with Gasteiger partial charge in [0.2, 0.25) is 5.91 Å². The Morgan fingerprint density at radius 1 is 0.769 bits per heavy atom. The molecular formula is C41H51N3O6S2. The zero-order valence-corrected chi connectivity index (χ0v) is 32.4. The van der Waals surface area contributed by atoms with Crippen molar-refractivity contribution in [3.05, 3.63) is 70.2 Å². The lowest BCUT2D eigenvalue weighted by atomic mass is 10.1. The van der Waals surface area contributed by atoms with Gasteiger partial charge >= 0.3 is 0 Å². The number of benzene rings is 2. The molecule has 2 heterocycles. The van der Waals surface area contributed by atoms with Gasteiger partial charge < -0.3 is 24.3 Å². The molecule has 0 saturated heterocycles. The molecule has 1 amide bonds. The highest BCUT2D eigenvalue weighted by Gasteiger charge is 2.11. The number of Topliss-reactive ketones (excluding diaryl/α,β-unsaturated/α-hetero) is 1. The standard InChI is InChI=1S/C21H25NO3S.C19H22N2O3S.CH4/c1-14(2)13-24-19-7-6-8-20(17(19)5)25-21-22-12-18(26-21)10-9-15(3)11-16(4)23;1-13(2)12-23-16-6-5-7-17(10-16)24-19-20-11-18(25-19)9-8-14(3)21-15(4)22;/h6-8,12,14-15H,11,13H2,1-5H3;5-7,10-11,13-14H,12H2,1-4H3,(H,21,22);1H4. The summed E-state index contributed by atoms with van der Waals surface area (Å²) in [7, 11) is 0. The Morgan fingerprint density at radius 3 is 1.94 bits per heavy atom. The Morgan fingerprint density at radius 2 is 1.33 bits per heavy atom. The molecule has 2 atom stereocenters. The molecule has 1 N–H and O–H groups in total. The van der Waals surface area contributed by atoms with Crippen LogP contribution < -0.4 is 24.3 Å². The van der Waals surface area contributed by atoms with Crippen molar-refractivity contribution in [1.29, 1.82) is 0 Å². The van der Waals surface area contributed by atoms with Crippen molar-refractivity contribution in [3.8, 4) is 57.1 Å². The summed E-state index contributed by atoms with van der Waals surface area (Å²) in [5.41, 5.74) is 0.950. The lowest BCUT2D eigenvalue weighted by Gasteiger charge is -2.13. The molecule has 2 aromatic carbocycles. The maximum Gasteiger partial charge on any atom is 0.279 e. The van der Waals surface area contributed by atoms with E-state index < -0.39 is 0 Å². The van der Waals surface area contributed by atoms with E-state index in [4.69, 9.17) is 18.9 Å². The summed E-state index contributed by atoms with van der Waals surface area (Å²) in [6.45, 7) is 18.6. The fourth-order valence-electron chi connectivity index (χ4n) is 4.13. The fourth-order valence-corrected chi connectivity index (χ4v) is 5.41. The van der Waals surface area contributed by atoms with E-state index in [1.54, 1.807) is 19.3 Å². The van der Waals surface area contributed by atoms with Gasteiger partial charge in [0.05, 0.1) is 31.6 Å². The minimum atomic E-state index is -0.209. The number of aromatic nitrogens is 2. The van der Waals surface area contributed by atoms with Gasteiger partial charge in [0.15, 0.2) is 0 Å². The highest BCUT2D eigenvalue weighted by Crippen LogP contribution is 2.33. The van der Waals surface area contributed by atoms with E-state index in [0.29, 0.717) is 47.6 Å². The number of thiazole rings is 2. The predicted octanol–water partition coefficient (Wildman–Crippen LogP) is 9.73. The van der Waals surface area contributed by atoms with Gasteiger partial charge in [-0.15, -0.1) is 0 Å². The number of hydrogen-bond acceptors (Lipinski definition) is 10. The van der Waals surface area contributed by atoms with E-state index in [-0.39, 0.29) is 31.1 Å². The normalized spacial score (nSPS) is 11.3. The van der Waals surface area contributed by atoms with Crippen LogP contribution in [0.3, 0.4) is 0 Å². The van der Waals surface area contributed by atoms with E-state index >= 15 is 0 Å². The van der Waals surface area contributed by atoms with Crippen molar-refractivity contribution in [2.45, 2.75) is 82.2 Å². The van der Waals surface area contributed by atoms with E-state index in [9.17, 15) is 9.59 Å². The van der Waals surface area contributed by atoms with Crippen LogP contribution in [0.15, 0.2) is 54.9 Å². The van der Waals surface area contributed by atoms with Gasteiger partial charge in [-0.05, 0) is 56.9 Å². The summed E-state index contributed by atoms with van der Waals surface area (Å²) in [4.78, 5) is 32.2. The van der Waals surface area contributed by atoms with Gasteiger partial charge in [-0.3, -0.25) is 9.59 Å². The number of amides is 1. The maximum absolute atomic E-state index is 11.1. The second-order valence-electron chi connectivity index (χ2n) is 12.7. The van der Waals surface area contributed by atoms with Crippen molar-refractivity contribution >= 4 is 34.4 Å².